The first-order chi connectivity index (χ1) is 8.66. The van der Waals surface area contributed by atoms with Crippen LogP contribution in [0.3, 0.4) is 0 Å². The maximum Gasteiger partial charge on any atom is 0.307 e. The number of nitrogens with one attached hydrogen (secondary N) is 1. The van der Waals surface area contributed by atoms with Crippen molar-refractivity contribution in [3.05, 3.63) is 24.5 Å². The van der Waals surface area contributed by atoms with Gasteiger partial charge in [-0.15, -0.1) is 0 Å². The van der Waals surface area contributed by atoms with Crippen molar-refractivity contribution >= 4 is 17.7 Å². The Morgan fingerprint density at radius 1 is 1.33 bits per heavy atom. The van der Waals surface area contributed by atoms with E-state index in [1.165, 1.54) is 12.3 Å². The van der Waals surface area contributed by atoms with Crippen LogP contribution in [-0.2, 0) is 9.59 Å². The van der Waals surface area contributed by atoms with Crippen LogP contribution in [0, 0.1) is 23.7 Å². The maximum atomic E-state index is 12.1. The summed E-state index contributed by atoms with van der Waals surface area (Å²) >= 11 is 0. The fourth-order valence-electron chi connectivity index (χ4n) is 3.00. The molecule has 6 heteroatoms. The maximum absolute atomic E-state index is 12.1. The Morgan fingerprint density at radius 2 is 2.06 bits per heavy atom. The highest BCUT2D eigenvalue weighted by Crippen LogP contribution is 2.48. The normalized spacial score (nSPS) is 32.7. The van der Waals surface area contributed by atoms with Crippen LogP contribution in [0.25, 0.3) is 0 Å². The Morgan fingerprint density at radius 3 is 2.67 bits per heavy atom. The zero-order chi connectivity index (χ0) is 12.7. The third-order valence-corrected chi connectivity index (χ3v) is 3.74. The summed E-state index contributed by atoms with van der Waals surface area (Å²) in [6, 6.07) is 1.52. The average Bonchev–Trinajstić information content (AvgIpc) is 3.03. The summed E-state index contributed by atoms with van der Waals surface area (Å²) in [6.07, 6.45) is 5.94. The number of allylic oxidation sites excluding steroid dienone is 2. The van der Waals surface area contributed by atoms with Crippen LogP contribution in [0.5, 0.6) is 0 Å². The standard InChI is InChI=1S/C12H12N2O4/c15-11(13-8-3-4-18-14-8)9-6-1-2-7(5-6)10(9)12(16)17/h1-4,6-7,9-10H,5H2,(H,16,17)(H,13,14,15)/t6-,7+,9-,10+/m1/s1. The van der Waals surface area contributed by atoms with Crippen LogP contribution in [0.1, 0.15) is 6.42 Å². The van der Waals surface area contributed by atoms with E-state index in [1.807, 2.05) is 12.2 Å². The minimum atomic E-state index is -0.910. The number of fused-ring (bicyclic) bond motifs is 2. The van der Waals surface area contributed by atoms with E-state index in [4.69, 9.17) is 0 Å². The molecule has 1 aromatic rings. The average molecular weight is 248 g/mol. The third-order valence-electron chi connectivity index (χ3n) is 3.74. The molecule has 1 aromatic heterocycles. The fourth-order valence-corrected chi connectivity index (χ4v) is 3.00. The number of carboxylic acid groups (broad SMARTS) is 1. The molecule has 0 aromatic carbocycles. The van der Waals surface area contributed by atoms with Crippen molar-refractivity contribution in [1.29, 1.82) is 0 Å². The summed E-state index contributed by atoms with van der Waals surface area (Å²) < 4.78 is 4.62. The van der Waals surface area contributed by atoms with E-state index in [9.17, 15) is 14.7 Å². The molecule has 18 heavy (non-hydrogen) atoms. The first kappa shape index (κ1) is 11.0. The molecule has 3 rings (SSSR count). The second kappa shape index (κ2) is 3.97. The lowest BCUT2D eigenvalue weighted by Gasteiger charge is -2.23. The molecule has 1 fully saturated rings. The molecule has 2 bridgehead atoms. The lowest BCUT2D eigenvalue weighted by molar-refractivity contribution is -0.146. The first-order valence-electron chi connectivity index (χ1n) is 5.79. The number of aliphatic carboxylic acids is 1. The van der Waals surface area contributed by atoms with Gasteiger partial charge < -0.3 is 14.9 Å². The number of anilines is 1. The van der Waals surface area contributed by atoms with Crippen molar-refractivity contribution in [3.8, 4) is 0 Å². The quantitative estimate of drug-likeness (QED) is 0.782. The Bertz CT molecular complexity index is 508. The molecule has 1 amide bonds. The van der Waals surface area contributed by atoms with E-state index in [1.54, 1.807) is 0 Å². The Labute approximate surface area is 103 Å². The smallest absolute Gasteiger partial charge is 0.307 e. The Hall–Kier alpha value is -2.11. The van der Waals surface area contributed by atoms with Gasteiger partial charge in [0.2, 0.25) is 5.91 Å². The van der Waals surface area contributed by atoms with Gasteiger partial charge in [-0.1, -0.05) is 17.3 Å². The van der Waals surface area contributed by atoms with Gasteiger partial charge in [0.05, 0.1) is 11.8 Å². The molecule has 4 atom stereocenters. The van der Waals surface area contributed by atoms with E-state index < -0.39 is 17.8 Å². The molecular formula is C12H12N2O4. The zero-order valence-electron chi connectivity index (χ0n) is 9.45. The molecule has 94 valence electrons. The van der Waals surface area contributed by atoms with Crippen LogP contribution in [0.4, 0.5) is 5.82 Å². The second-order valence-corrected chi connectivity index (χ2v) is 4.71. The third kappa shape index (κ3) is 1.61. The molecule has 0 unspecified atom stereocenters. The Kier molecular flexibility index (Phi) is 2.43. The van der Waals surface area contributed by atoms with Gasteiger partial charge in [-0.2, -0.15) is 0 Å². The summed E-state index contributed by atoms with van der Waals surface area (Å²) in [7, 11) is 0. The van der Waals surface area contributed by atoms with E-state index >= 15 is 0 Å². The monoisotopic (exact) mass is 248 g/mol. The van der Waals surface area contributed by atoms with Crippen LogP contribution in [0.15, 0.2) is 29.0 Å². The first-order valence-corrected chi connectivity index (χ1v) is 5.79. The highest BCUT2D eigenvalue weighted by atomic mass is 16.5. The molecule has 1 saturated carbocycles. The molecule has 0 radical (unpaired) electrons. The van der Waals surface area contributed by atoms with E-state index in [0.717, 1.165) is 6.42 Å². The van der Waals surface area contributed by atoms with Crippen LogP contribution in [-0.4, -0.2) is 22.1 Å². The molecule has 2 aliphatic rings. The molecule has 2 N–H and O–H groups in total. The predicted octanol–water partition coefficient (Wildman–Crippen LogP) is 1.14. The van der Waals surface area contributed by atoms with Gasteiger partial charge in [0.25, 0.3) is 0 Å². The van der Waals surface area contributed by atoms with Gasteiger partial charge in [-0.25, -0.2) is 0 Å². The van der Waals surface area contributed by atoms with Crippen LogP contribution in [0.2, 0.25) is 0 Å². The number of nitrogens with zero attached hydrogens (tertiary/aromatic N) is 1. The van der Waals surface area contributed by atoms with Gasteiger partial charge in [0.15, 0.2) is 5.82 Å². The molecular weight excluding hydrogens is 236 g/mol. The number of carboxylic acids is 1. The summed E-state index contributed by atoms with van der Waals surface area (Å²) in [5, 5.41) is 15.4. The van der Waals surface area contributed by atoms with Crippen molar-refractivity contribution in [1.82, 2.24) is 5.16 Å². The topological polar surface area (TPSA) is 92.4 Å². The van der Waals surface area contributed by atoms with Crippen molar-refractivity contribution in [2.75, 3.05) is 5.32 Å². The van der Waals surface area contributed by atoms with E-state index in [-0.39, 0.29) is 17.7 Å². The Balaban J connectivity index is 1.80. The van der Waals surface area contributed by atoms with Gasteiger partial charge in [-0.3, -0.25) is 9.59 Å². The van der Waals surface area contributed by atoms with Crippen molar-refractivity contribution in [2.24, 2.45) is 23.7 Å². The lowest BCUT2D eigenvalue weighted by atomic mass is 9.82. The zero-order valence-corrected chi connectivity index (χ0v) is 9.45. The molecule has 0 spiro atoms. The minimum Gasteiger partial charge on any atom is -0.481 e. The number of hydrogen-bond acceptors (Lipinski definition) is 4. The van der Waals surface area contributed by atoms with Crippen molar-refractivity contribution < 1.29 is 19.2 Å². The number of rotatable bonds is 3. The van der Waals surface area contributed by atoms with Gasteiger partial charge in [0.1, 0.15) is 6.26 Å². The predicted molar refractivity (Wildman–Crippen MR) is 60.5 cm³/mol. The summed E-state index contributed by atoms with van der Waals surface area (Å²) in [4.78, 5) is 23.4. The number of amides is 1. The van der Waals surface area contributed by atoms with Crippen molar-refractivity contribution in [3.63, 3.8) is 0 Å². The van der Waals surface area contributed by atoms with Crippen molar-refractivity contribution in [2.45, 2.75) is 6.42 Å². The number of hydrogen-bond donors (Lipinski definition) is 2. The highest BCUT2D eigenvalue weighted by Gasteiger charge is 2.51. The van der Waals surface area contributed by atoms with E-state index in [2.05, 4.69) is 15.0 Å². The van der Waals surface area contributed by atoms with Crippen LogP contribution >= 0.6 is 0 Å². The van der Waals surface area contributed by atoms with Gasteiger partial charge in [0, 0.05) is 6.07 Å². The molecule has 6 nitrogen and oxygen atoms in total. The summed E-state index contributed by atoms with van der Waals surface area (Å²) in [5.74, 6) is -2.05. The molecule has 0 aliphatic heterocycles. The minimum absolute atomic E-state index is 0.0167. The summed E-state index contributed by atoms with van der Waals surface area (Å²) in [6.45, 7) is 0. The van der Waals surface area contributed by atoms with Gasteiger partial charge >= 0.3 is 5.97 Å². The lowest BCUT2D eigenvalue weighted by Crippen LogP contribution is -2.36. The number of aromatic nitrogens is 1. The number of carbonyl (C=O) groups is 2. The molecule has 0 saturated heterocycles. The SMILES string of the molecule is O=C(O)[C@@H]1[C@H](C(=O)Nc2ccon2)[C@@H]2C=C[C@H]1C2. The largest absolute Gasteiger partial charge is 0.481 e. The summed E-state index contributed by atoms with van der Waals surface area (Å²) in [5.41, 5.74) is 0. The fraction of sp³-hybridized carbons (Fsp3) is 0.417. The van der Waals surface area contributed by atoms with E-state index in [0.29, 0.717) is 5.82 Å². The molecule has 1 heterocycles. The highest BCUT2D eigenvalue weighted by molar-refractivity contribution is 5.95. The molecule has 2 aliphatic carbocycles. The number of carbonyl (C=O) groups excluding carboxylic acids is 1. The van der Waals surface area contributed by atoms with Gasteiger partial charge in [-0.05, 0) is 18.3 Å². The second-order valence-electron chi connectivity index (χ2n) is 4.71. The van der Waals surface area contributed by atoms with Crippen LogP contribution < -0.4 is 5.32 Å².